The average molecular weight is 758 g/mol. The first-order valence-electron chi connectivity index (χ1n) is 18.3. The van der Waals surface area contributed by atoms with Gasteiger partial charge in [-0.1, -0.05) is 69.6 Å². The second-order valence-corrected chi connectivity index (χ2v) is 20.2. The number of nitrogens with zero attached hydrogens (tertiary/aromatic N) is 5. The fourth-order valence-electron chi connectivity index (χ4n) is 5.96. The second kappa shape index (κ2) is 19.7. The van der Waals surface area contributed by atoms with Gasteiger partial charge >= 0.3 is 5.97 Å². The minimum absolute atomic E-state index is 0.0366. The van der Waals surface area contributed by atoms with E-state index in [1.54, 1.807) is 12.2 Å². The van der Waals surface area contributed by atoms with Gasteiger partial charge in [-0.3, -0.25) is 14.4 Å². The van der Waals surface area contributed by atoms with Crippen LogP contribution in [0, 0.1) is 11.8 Å². The standard InChI is InChI=1S/C37H56FN7O7Si/c1-24(2)34-26(20-32(47)41-16-17-42-44-39)13-14-31(46)40-15-9-11-25(3)19-28(52-53(7,8)37(4,5)6)21-27(38)22-33-43-29(23-50-33)35(48)45-18-10-12-30(45)36(49)51-34/h9,11,13-14,19,23-24,26-28,30,34H,10,12,15-18,20-22H2,1-8H3,(H,40,46)(H,41,47)/b11-9+,14-13+,25-19+/t26-,27+,28?,30+,34+/m0/s1. The van der Waals surface area contributed by atoms with Gasteiger partial charge in [0.1, 0.15) is 24.6 Å². The number of allylic oxidation sites excluding steroid dienone is 2. The predicted octanol–water partition coefficient (Wildman–Crippen LogP) is 6.13. The van der Waals surface area contributed by atoms with Gasteiger partial charge in [-0.25, -0.2) is 14.2 Å². The van der Waals surface area contributed by atoms with Crippen LogP contribution in [0.25, 0.3) is 10.4 Å². The molecule has 0 aromatic carbocycles. The van der Waals surface area contributed by atoms with Crippen LogP contribution in [0.3, 0.4) is 0 Å². The molecule has 2 bridgehead atoms. The molecule has 2 N–H and O–H groups in total. The minimum Gasteiger partial charge on any atom is -0.460 e. The Morgan fingerprint density at radius 2 is 2.00 bits per heavy atom. The molecule has 0 radical (unpaired) electrons. The number of rotatable bonds is 8. The summed E-state index contributed by atoms with van der Waals surface area (Å²) >= 11 is 0. The van der Waals surface area contributed by atoms with Crippen LogP contribution < -0.4 is 10.6 Å². The van der Waals surface area contributed by atoms with Crippen LogP contribution in [-0.4, -0.2) is 92.5 Å². The Hall–Kier alpha value is -4.27. The lowest BCUT2D eigenvalue weighted by Crippen LogP contribution is -2.44. The first-order valence-corrected chi connectivity index (χ1v) is 21.2. The number of oxazole rings is 1. The molecule has 14 nitrogen and oxygen atoms in total. The highest BCUT2D eigenvalue weighted by molar-refractivity contribution is 6.74. The number of hydrogen-bond donors (Lipinski definition) is 2. The summed E-state index contributed by atoms with van der Waals surface area (Å²) in [6, 6.07) is -0.917. The van der Waals surface area contributed by atoms with Crippen LogP contribution in [0.4, 0.5) is 4.39 Å². The quantitative estimate of drug-likeness (QED) is 0.0791. The van der Waals surface area contributed by atoms with E-state index in [4.69, 9.17) is 19.1 Å². The molecule has 1 saturated heterocycles. The van der Waals surface area contributed by atoms with E-state index in [0.717, 1.165) is 5.57 Å². The summed E-state index contributed by atoms with van der Waals surface area (Å²) in [6.45, 7) is 16.7. The summed E-state index contributed by atoms with van der Waals surface area (Å²) in [5.41, 5.74) is 9.33. The number of ether oxygens (including phenoxy) is 1. The SMILES string of the molecule is CC1=C\C(O[Si](C)(C)C(C)(C)C)C[C@@H](F)Cc2nc(co2)C(=O)N2CCC[C@@H]2C(=O)O[C@H](C(C)C)[C@H](CC(=O)NCCN=[N+]=[N-])/C=C/C(=O)NC\C=C\1. The summed E-state index contributed by atoms with van der Waals surface area (Å²) in [5.74, 6) is -2.91. The molecule has 2 aliphatic heterocycles. The molecule has 3 heterocycles. The number of azide groups is 1. The smallest absolute Gasteiger partial charge is 0.329 e. The Labute approximate surface area is 312 Å². The van der Waals surface area contributed by atoms with Crippen molar-refractivity contribution in [3.05, 3.63) is 64.2 Å². The highest BCUT2D eigenvalue weighted by Crippen LogP contribution is 2.38. The lowest BCUT2D eigenvalue weighted by Gasteiger charge is -2.39. The lowest BCUT2D eigenvalue weighted by molar-refractivity contribution is -0.159. The molecule has 0 spiro atoms. The van der Waals surface area contributed by atoms with Crippen molar-refractivity contribution < 1.29 is 37.1 Å². The predicted molar refractivity (Wildman–Crippen MR) is 201 cm³/mol. The number of halogens is 1. The van der Waals surface area contributed by atoms with E-state index >= 15 is 4.39 Å². The maximum atomic E-state index is 15.7. The Bertz CT molecular complexity index is 1580. The van der Waals surface area contributed by atoms with Crippen molar-refractivity contribution in [2.45, 2.75) is 116 Å². The number of cyclic esters (lactones) is 1. The Balaban J connectivity index is 1.97. The van der Waals surface area contributed by atoms with E-state index in [9.17, 15) is 19.2 Å². The van der Waals surface area contributed by atoms with Crippen molar-refractivity contribution in [3.8, 4) is 0 Å². The molecular formula is C37H56FN7O7Si. The first-order chi connectivity index (χ1) is 24.9. The van der Waals surface area contributed by atoms with E-state index in [1.165, 1.54) is 17.2 Å². The fraction of sp³-hybridized carbons (Fsp3) is 0.649. The van der Waals surface area contributed by atoms with E-state index in [1.807, 2.05) is 32.9 Å². The third-order valence-corrected chi connectivity index (χ3v) is 14.3. The highest BCUT2D eigenvalue weighted by Gasteiger charge is 2.41. The van der Waals surface area contributed by atoms with Crippen LogP contribution in [0.1, 0.15) is 83.6 Å². The Kier molecular flexibility index (Phi) is 16.0. The molecule has 0 aliphatic carbocycles. The molecule has 0 saturated carbocycles. The number of carbonyl (C=O) groups excluding carboxylic acids is 4. The van der Waals surface area contributed by atoms with Crippen LogP contribution >= 0.6 is 0 Å². The van der Waals surface area contributed by atoms with Crippen LogP contribution in [0.5, 0.6) is 0 Å². The number of esters is 1. The van der Waals surface area contributed by atoms with Gasteiger partial charge in [0, 0.05) is 49.9 Å². The van der Waals surface area contributed by atoms with Gasteiger partial charge in [0.05, 0.1) is 12.5 Å². The van der Waals surface area contributed by atoms with Crippen molar-refractivity contribution in [1.29, 1.82) is 0 Å². The zero-order valence-electron chi connectivity index (χ0n) is 32.3. The van der Waals surface area contributed by atoms with Gasteiger partial charge in [0.25, 0.3) is 5.91 Å². The topological polar surface area (TPSA) is 189 Å². The molecule has 53 heavy (non-hydrogen) atoms. The number of aromatic nitrogens is 1. The number of alkyl halides is 1. The molecule has 3 amide bonds. The number of amides is 3. The summed E-state index contributed by atoms with van der Waals surface area (Å²) in [5, 5.41) is 8.79. The molecule has 5 atom stereocenters. The molecule has 1 aromatic rings. The molecule has 1 fully saturated rings. The van der Waals surface area contributed by atoms with Crippen molar-refractivity contribution in [2.24, 2.45) is 17.0 Å². The third-order valence-electron chi connectivity index (χ3n) is 9.76. The summed E-state index contributed by atoms with van der Waals surface area (Å²) in [4.78, 5) is 61.6. The van der Waals surface area contributed by atoms with E-state index in [0.29, 0.717) is 12.8 Å². The zero-order valence-corrected chi connectivity index (χ0v) is 33.3. The number of carbonyl (C=O) groups is 4. The summed E-state index contributed by atoms with van der Waals surface area (Å²) in [7, 11) is -2.30. The van der Waals surface area contributed by atoms with E-state index in [2.05, 4.69) is 59.5 Å². The molecule has 1 unspecified atom stereocenters. The van der Waals surface area contributed by atoms with Crippen molar-refractivity contribution in [2.75, 3.05) is 26.2 Å². The molecule has 1 aromatic heterocycles. The summed E-state index contributed by atoms with van der Waals surface area (Å²) in [6.07, 6.45) is 7.39. The third kappa shape index (κ3) is 13.3. The lowest BCUT2D eigenvalue weighted by atomic mass is 9.89. The molecule has 16 heteroatoms. The van der Waals surface area contributed by atoms with Gasteiger partial charge in [-0.05, 0) is 55.4 Å². The van der Waals surface area contributed by atoms with Gasteiger partial charge in [0.15, 0.2) is 19.9 Å². The molecular weight excluding hydrogens is 702 g/mol. The van der Waals surface area contributed by atoms with Gasteiger partial charge in [-0.2, -0.15) is 0 Å². The van der Waals surface area contributed by atoms with E-state index in [-0.39, 0.29) is 73.9 Å². The highest BCUT2D eigenvalue weighted by atomic mass is 28.4. The number of nitrogens with one attached hydrogen (secondary N) is 2. The van der Waals surface area contributed by atoms with Gasteiger partial charge in [-0.15, -0.1) is 0 Å². The maximum absolute atomic E-state index is 15.7. The van der Waals surface area contributed by atoms with Gasteiger partial charge < -0.3 is 29.1 Å². The average Bonchev–Trinajstić information content (AvgIpc) is 3.75. The maximum Gasteiger partial charge on any atom is 0.329 e. The molecule has 2 aliphatic rings. The largest absolute Gasteiger partial charge is 0.460 e. The van der Waals surface area contributed by atoms with Crippen molar-refractivity contribution in [3.63, 3.8) is 0 Å². The molecule has 3 rings (SSSR count). The van der Waals surface area contributed by atoms with Crippen molar-refractivity contribution >= 4 is 32.0 Å². The fourth-order valence-corrected chi connectivity index (χ4v) is 7.23. The normalized spacial score (nSPS) is 26.4. The van der Waals surface area contributed by atoms with Crippen LogP contribution in [0.2, 0.25) is 18.1 Å². The monoisotopic (exact) mass is 757 g/mol. The van der Waals surface area contributed by atoms with Crippen molar-refractivity contribution in [1.82, 2.24) is 20.5 Å². The van der Waals surface area contributed by atoms with Gasteiger partial charge in [0.2, 0.25) is 11.8 Å². The van der Waals surface area contributed by atoms with Crippen LogP contribution in [-0.2, 0) is 30.0 Å². The number of fused-ring (bicyclic) bond motifs is 3. The second-order valence-electron chi connectivity index (χ2n) is 15.5. The molecule has 292 valence electrons. The van der Waals surface area contributed by atoms with E-state index < -0.39 is 56.4 Å². The number of hydrogen-bond acceptors (Lipinski definition) is 9. The zero-order chi connectivity index (χ0) is 39.3. The minimum atomic E-state index is -2.30. The summed E-state index contributed by atoms with van der Waals surface area (Å²) < 4.78 is 33.9. The first kappa shape index (κ1) is 43.1. The Morgan fingerprint density at radius 3 is 2.68 bits per heavy atom. The Morgan fingerprint density at radius 1 is 1.26 bits per heavy atom. The van der Waals surface area contributed by atoms with Crippen LogP contribution in [0.15, 0.2) is 51.7 Å².